The van der Waals surface area contributed by atoms with Gasteiger partial charge in [0.15, 0.2) is 0 Å². The zero-order valence-electron chi connectivity index (χ0n) is 56.9. The molecule has 76 heavy (non-hydrogen) atoms. The number of hydrogen-bond donors (Lipinski definition) is 0. The molecule has 8 rings (SSSR count). The summed E-state index contributed by atoms with van der Waals surface area (Å²) in [5.74, 6) is 7.64. The van der Waals surface area contributed by atoms with Crippen LogP contribution in [0.15, 0.2) is 0 Å². The Bertz CT molecular complexity index is 1580. The standard InChI is InChI=1S/C10H20.C9H15F3.C9H17F.3C9H18.C8H15F.C8H16/c1-9(2,3)6-8-7-10(8,4)5;1-7(2,3)6-8(4-5-8)9(10,11)12;1-8(2,3)5-7-6-9(7,4)10;1-7-5-8(7)6-9(2,3)4;1-7(8-5-6-8)9(2,3)4;1-9(2,3)7-6-8-4-5-8;1-7(2,3)6-8(9)4-5-8;1-8(2,3)6-7-4-5-7/h8H,6-7H2,1-5H3;4-6H2,1-3H3;7H,5-6H2,1-4H3;2*7-8H,5-6H2,1-4H3;8H,4-7H2,1-3H3;4-6H2,1-3H3;7H,4-6H2,1-3H3. The van der Waals surface area contributed by atoms with Crippen molar-refractivity contribution in [3.8, 4) is 0 Å². The molecule has 0 heterocycles. The molecule has 0 aliphatic heterocycles. The van der Waals surface area contributed by atoms with Crippen LogP contribution in [0.1, 0.15) is 336 Å². The van der Waals surface area contributed by atoms with Gasteiger partial charge in [0.2, 0.25) is 0 Å². The van der Waals surface area contributed by atoms with E-state index in [2.05, 4.69) is 173 Å². The molecule has 0 aromatic rings. The van der Waals surface area contributed by atoms with E-state index in [1.807, 2.05) is 20.8 Å². The molecule has 0 amide bonds. The van der Waals surface area contributed by atoms with E-state index in [0.717, 1.165) is 73.5 Å². The summed E-state index contributed by atoms with van der Waals surface area (Å²) in [7, 11) is 0. The lowest BCUT2D eigenvalue weighted by Crippen LogP contribution is -2.29. The molecule has 6 atom stereocenters. The van der Waals surface area contributed by atoms with Gasteiger partial charge in [-0.1, -0.05) is 220 Å². The minimum absolute atomic E-state index is 0.172. The van der Waals surface area contributed by atoms with E-state index in [-0.39, 0.29) is 17.3 Å². The van der Waals surface area contributed by atoms with Gasteiger partial charge >= 0.3 is 6.18 Å². The number of halogens is 5. The maximum Gasteiger partial charge on any atom is 0.394 e. The van der Waals surface area contributed by atoms with Crippen LogP contribution >= 0.6 is 0 Å². The van der Waals surface area contributed by atoms with Gasteiger partial charge in [-0.2, -0.15) is 13.2 Å². The first-order chi connectivity index (χ1) is 33.4. The highest BCUT2D eigenvalue weighted by molar-refractivity contribution is 5.02. The second kappa shape index (κ2) is 26.9. The first-order valence-electron chi connectivity index (χ1n) is 31.8. The van der Waals surface area contributed by atoms with E-state index in [1.165, 1.54) is 83.5 Å². The van der Waals surface area contributed by atoms with Crippen LogP contribution in [0, 0.1) is 101 Å². The Hall–Kier alpha value is -0.350. The van der Waals surface area contributed by atoms with Crippen molar-refractivity contribution in [2.75, 3.05) is 0 Å². The first-order valence-corrected chi connectivity index (χ1v) is 31.8. The zero-order valence-corrected chi connectivity index (χ0v) is 56.9. The Morgan fingerprint density at radius 2 is 0.829 bits per heavy atom. The molecule has 8 aliphatic carbocycles. The molecule has 0 saturated heterocycles. The van der Waals surface area contributed by atoms with Crippen LogP contribution in [-0.2, 0) is 0 Å². The normalized spacial score (nSPS) is 27.2. The van der Waals surface area contributed by atoms with Gasteiger partial charge in [-0.15, -0.1) is 0 Å². The van der Waals surface area contributed by atoms with Crippen molar-refractivity contribution in [2.24, 2.45) is 101 Å². The summed E-state index contributed by atoms with van der Waals surface area (Å²) in [5, 5.41) is 0. The fourth-order valence-corrected chi connectivity index (χ4v) is 11.1. The summed E-state index contributed by atoms with van der Waals surface area (Å²) < 4.78 is 63.3. The Labute approximate surface area is 474 Å². The molecule has 0 spiro atoms. The van der Waals surface area contributed by atoms with Crippen molar-refractivity contribution in [1.29, 1.82) is 0 Å². The van der Waals surface area contributed by atoms with Gasteiger partial charge in [-0.25, -0.2) is 8.78 Å². The lowest BCUT2D eigenvalue weighted by atomic mass is 9.79. The van der Waals surface area contributed by atoms with Crippen LogP contribution < -0.4 is 0 Å². The molecule has 8 fully saturated rings. The third-order valence-corrected chi connectivity index (χ3v) is 17.2. The van der Waals surface area contributed by atoms with E-state index in [9.17, 15) is 22.0 Å². The van der Waals surface area contributed by atoms with Crippen molar-refractivity contribution in [3.05, 3.63) is 0 Å². The Kier molecular flexibility index (Phi) is 26.1. The molecule has 456 valence electrons. The Balaban J connectivity index is 0.000000435. The highest BCUT2D eigenvalue weighted by Gasteiger charge is 2.63. The number of alkyl halides is 5. The van der Waals surface area contributed by atoms with Crippen molar-refractivity contribution < 1.29 is 22.0 Å². The average Bonchev–Trinajstić information content (AvgIpc) is 3.90. The van der Waals surface area contributed by atoms with Crippen LogP contribution in [0.2, 0.25) is 0 Å². The van der Waals surface area contributed by atoms with Crippen LogP contribution in [0.4, 0.5) is 22.0 Å². The fourth-order valence-electron chi connectivity index (χ4n) is 11.1. The summed E-state index contributed by atoms with van der Waals surface area (Å²) in [6, 6.07) is 0. The predicted octanol–water partition coefficient (Wildman–Crippen LogP) is 25.5. The van der Waals surface area contributed by atoms with Gasteiger partial charge < -0.3 is 0 Å². The SMILES string of the molecule is CC(C)(C)CC1(C(F)(F)F)CC1.CC(C)(C)CC1(F)CC1.CC(C)(C)CC1CC1.CC(C)(C)CC1CC1(C)C.CC(C)(C)CC1CC1(C)F.CC(C)(C)CCC1CC1.CC(C1CC1)C(C)(C)C.CC1CC1CC(C)(C)C. The zero-order chi connectivity index (χ0) is 60.0. The largest absolute Gasteiger partial charge is 0.394 e. The van der Waals surface area contributed by atoms with Crippen molar-refractivity contribution in [1.82, 2.24) is 0 Å². The molecule has 5 heteroatoms. The number of hydrogen-bond acceptors (Lipinski definition) is 0. The minimum Gasteiger partial charge on any atom is -0.244 e. The number of rotatable bonds is 9. The maximum atomic E-state index is 13.0. The topological polar surface area (TPSA) is 0 Å². The molecule has 6 unspecified atom stereocenters. The third-order valence-electron chi connectivity index (χ3n) is 17.2. The van der Waals surface area contributed by atoms with Gasteiger partial charge in [0.05, 0.1) is 5.41 Å². The smallest absolute Gasteiger partial charge is 0.244 e. The van der Waals surface area contributed by atoms with Crippen molar-refractivity contribution in [3.63, 3.8) is 0 Å². The second-order valence-corrected chi connectivity index (χ2v) is 38.0. The first kappa shape index (κ1) is 73.7. The average molecular weight is 1090 g/mol. The van der Waals surface area contributed by atoms with Crippen LogP contribution in [0.3, 0.4) is 0 Å². The monoisotopic (exact) mass is 1090 g/mol. The highest BCUT2D eigenvalue weighted by atomic mass is 19.4. The molecule has 0 bridgehead atoms. The Morgan fingerprint density at radius 1 is 0.461 bits per heavy atom. The molecule has 8 saturated carbocycles. The van der Waals surface area contributed by atoms with Crippen LogP contribution in [0.5, 0.6) is 0 Å². The molecular weight excluding hydrogens is 948 g/mol. The van der Waals surface area contributed by atoms with E-state index in [0.29, 0.717) is 56.7 Å². The second-order valence-electron chi connectivity index (χ2n) is 38.0. The lowest BCUT2D eigenvalue weighted by Gasteiger charge is -2.27. The van der Waals surface area contributed by atoms with E-state index in [1.54, 1.807) is 6.92 Å². The summed E-state index contributed by atoms with van der Waals surface area (Å²) in [5.41, 5.74) is 0.814. The van der Waals surface area contributed by atoms with Gasteiger partial charge in [0.25, 0.3) is 0 Å². The van der Waals surface area contributed by atoms with Crippen molar-refractivity contribution in [2.45, 2.75) is 353 Å². The summed E-state index contributed by atoms with van der Waals surface area (Å²) in [6.45, 7) is 64.6. The Morgan fingerprint density at radius 3 is 0.961 bits per heavy atom. The van der Waals surface area contributed by atoms with Gasteiger partial charge in [-0.05, 0) is 212 Å². The summed E-state index contributed by atoms with van der Waals surface area (Å²) >= 11 is 0. The van der Waals surface area contributed by atoms with Crippen LogP contribution in [0.25, 0.3) is 0 Å². The third kappa shape index (κ3) is 39.1. The highest BCUT2D eigenvalue weighted by Crippen LogP contribution is 2.63. The van der Waals surface area contributed by atoms with Gasteiger partial charge in [-0.3, -0.25) is 0 Å². The minimum atomic E-state index is -3.99. The van der Waals surface area contributed by atoms with E-state index < -0.39 is 22.9 Å². The van der Waals surface area contributed by atoms with Gasteiger partial charge in [0, 0.05) is 0 Å². The molecule has 0 aromatic carbocycles. The summed E-state index contributed by atoms with van der Waals surface area (Å²) in [4.78, 5) is 0. The molecule has 0 aromatic heterocycles. The molecular formula is C71H137F5. The molecule has 8 aliphatic rings. The van der Waals surface area contributed by atoms with E-state index in [4.69, 9.17) is 0 Å². The maximum absolute atomic E-state index is 13.0. The fraction of sp³-hybridized carbons (Fsp3) is 1.00. The van der Waals surface area contributed by atoms with Crippen LogP contribution in [-0.4, -0.2) is 17.5 Å². The molecule has 0 nitrogen and oxygen atoms in total. The molecule has 0 radical (unpaired) electrons. The van der Waals surface area contributed by atoms with Crippen molar-refractivity contribution >= 4 is 0 Å². The lowest BCUT2D eigenvalue weighted by molar-refractivity contribution is -0.194. The summed E-state index contributed by atoms with van der Waals surface area (Å²) in [6.07, 6.45) is 20.1. The van der Waals surface area contributed by atoms with Gasteiger partial charge in [0.1, 0.15) is 11.3 Å². The van der Waals surface area contributed by atoms with E-state index >= 15 is 0 Å². The predicted molar refractivity (Wildman–Crippen MR) is 327 cm³/mol. The quantitative estimate of drug-likeness (QED) is 0.202. The molecule has 0 N–H and O–H groups in total.